The fourth-order valence-corrected chi connectivity index (χ4v) is 1.53. The smallest absolute Gasteiger partial charge is 0.312 e. The molecule has 0 aliphatic carbocycles. The molecule has 0 saturated heterocycles. The standard InChI is InChI=1S/C14H29NO2/c1-11(8-9-13(2,3)4)15-10-14(5,6)12(16)17-7/h11,15H,8-10H2,1-7H3. The van der Waals surface area contributed by atoms with Crippen LogP contribution in [0.1, 0.15) is 54.4 Å². The average molecular weight is 243 g/mol. The molecular formula is C14H29NO2. The van der Waals surface area contributed by atoms with Crippen molar-refractivity contribution < 1.29 is 9.53 Å². The van der Waals surface area contributed by atoms with E-state index in [0.717, 1.165) is 6.42 Å². The number of esters is 1. The molecule has 102 valence electrons. The number of carbonyl (C=O) groups is 1. The summed E-state index contributed by atoms with van der Waals surface area (Å²) in [6.07, 6.45) is 2.31. The van der Waals surface area contributed by atoms with Crippen molar-refractivity contribution >= 4 is 5.97 Å². The van der Waals surface area contributed by atoms with E-state index in [2.05, 4.69) is 33.0 Å². The predicted octanol–water partition coefficient (Wildman–Crippen LogP) is 2.99. The van der Waals surface area contributed by atoms with E-state index in [-0.39, 0.29) is 5.97 Å². The van der Waals surface area contributed by atoms with Crippen molar-refractivity contribution in [2.75, 3.05) is 13.7 Å². The third kappa shape index (κ3) is 7.37. The van der Waals surface area contributed by atoms with E-state index in [1.807, 2.05) is 13.8 Å². The molecule has 0 radical (unpaired) electrons. The average Bonchev–Trinajstić information content (AvgIpc) is 2.21. The molecule has 0 spiro atoms. The number of hydrogen-bond acceptors (Lipinski definition) is 3. The highest BCUT2D eigenvalue weighted by Crippen LogP contribution is 2.22. The molecule has 0 aliphatic heterocycles. The first-order valence-electron chi connectivity index (χ1n) is 6.40. The number of ether oxygens (including phenoxy) is 1. The molecule has 1 unspecified atom stereocenters. The van der Waals surface area contributed by atoms with Crippen molar-refractivity contribution in [3.05, 3.63) is 0 Å². The van der Waals surface area contributed by atoms with Crippen LogP contribution in [0.5, 0.6) is 0 Å². The molecule has 1 atom stereocenters. The molecule has 0 aliphatic rings. The van der Waals surface area contributed by atoms with Gasteiger partial charge in [-0.15, -0.1) is 0 Å². The molecule has 17 heavy (non-hydrogen) atoms. The zero-order valence-electron chi connectivity index (χ0n) is 12.5. The zero-order valence-corrected chi connectivity index (χ0v) is 12.5. The summed E-state index contributed by atoms with van der Waals surface area (Å²) in [5.41, 5.74) is -0.0848. The minimum Gasteiger partial charge on any atom is -0.469 e. The van der Waals surface area contributed by atoms with Gasteiger partial charge in [-0.3, -0.25) is 4.79 Å². The minimum absolute atomic E-state index is 0.159. The molecule has 0 aromatic rings. The van der Waals surface area contributed by atoms with Crippen LogP contribution < -0.4 is 5.32 Å². The summed E-state index contributed by atoms with van der Waals surface area (Å²) in [5, 5.41) is 3.41. The third-order valence-electron chi connectivity index (χ3n) is 2.96. The van der Waals surface area contributed by atoms with Gasteiger partial charge in [0.05, 0.1) is 12.5 Å². The first-order valence-corrected chi connectivity index (χ1v) is 6.40. The maximum atomic E-state index is 11.5. The monoisotopic (exact) mass is 243 g/mol. The van der Waals surface area contributed by atoms with E-state index in [9.17, 15) is 4.79 Å². The molecule has 3 heteroatoms. The highest BCUT2D eigenvalue weighted by Gasteiger charge is 2.28. The Morgan fingerprint density at radius 1 is 1.24 bits per heavy atom. The molecule has 0 bridgehead atoms. The number of hydrogen-bond donors (Lipinski definition) is 1. The number of carbonyl (C=O) groups excluding carboxylic acids is 1. The zero-order chi connectivity index (χ0) is 13.7. The summed E-state index contributed by atoms with van der Waals surface area (Å²) in [4.78, 5) is 11.5. The van der Waals surface area contributed by atoms with Crippen LogP contribution in [-0.2, 0) is 9.53 Å². The van der Waals surface area contributed by atoms with Gasteiger partial charge in [0.15, 0.2) is 0 Å². The lowest BCUT2D eigenvalue weighted by atomic mass is 9.88. The molecule has 0 amide bonds. The van der Waals surface area contributed by atoms with Crippen LogP contribution >= 0.6 is 0 Å². The van der Waals surface area contributed by atoms with Gasteiger partial charge in [0, 0.05) is 12.6 Å². The maximum Gasteiger partial charge on any atom is 0.312 e. The molecule has 0 heterocycles. The molecule has 0 aromatic carbocycles. The molecule has 0 saturated carbocycles. The van der Waals surface area contributed by atoms with Crippen LogP contribution in [0.3, 0.4) is 0 Å². The van der Waals surface area contributed by atoms with Gasteiger partial charge in [-0.25, -0.2) is 0 Å². The number of methoxy groups -OCH3 is 1. The van der Waals surface area contributed by atoms with E-state index in [0.29, 0.717) is 18.0 Å². The maximum absolute atomic E-state index is 11.5. The Bertz CT molecular complexity index is 241. The van der Waals surface area contributed by atoms with Gasteiger partial charge in [-0.05, 0) is 39.0 Å². The lowest BCUT2D eigenvalue weighted by Gasteiger charge is -2.26. The summed E-state index contributed by atoms with van der Waals surface area (Å²) in [7, 11) is 1.44. The van der Waals surface area contributed by atoms with E-state index in [4.69, 9.17) is 4.74 Å². The van der Waals surface area contributed by atoms with E-state index in [1.165, 1.54) is 13.5 Å². The van der Waals surface area contributed by atoms with E-state index >= 15 is 0 Å². The van der Waals surface area contributed by atoms with Crippen LogP contribution in [0, 0.1) is 10.8 Å². The number of nitrogens with one attached hydrogen (secondary N) is 1. The van der Waals surface area contributed by atoms with Crippen LogP contribution in [0.15, 0.2) is 0 Å². The molecule has 1 N–H and O–H groups in total. The highest BCUT2D eigenvalue weighted by molar-refractivity contribution is 5.76. The third-order valence-corrected chi connectivity index (χ3v) is 2.96. The Kier molecular flexibility index (Phi) is 6.17. The van der Waals surface area contributed by atoms with Crippen molar-refractivity contribution in [1.82, 2.24) is 5.32 Å². The summed E-state index contributed by atoms with van der Waals surface area (Å²) in [5.74, 6) is -0.159. The van der Waals surface area contributed by atoms with Crippen LogP contribution in [0.2, 0.25) is 0 Å². The van der Waals surface area contributed by atoms with E-state index in [1.54, 1.807) is 0 Å². The first-order chi connectivity index (χ1) is 7.58. The lowest BCUT2D eigenvalue weighted by molar-refractivity contribution is -0.150. The molecule has 0 rings (SSSR count). The van der Waals surface area contributed by atoms with Crippen molar-refractivity contribution in [3.8, 4) is 0 Å². The Morgan fingerprint density at radius 3 is 2.18 bits per heavy atom. The predicted molar refractivity (Wildman–Crippen MR) is 72.0 cm³/mol. The largest absolute Gasteiger partial charge is 0.469 e. The van der Waals surface area contributed by atoms with Crippen molar-refractivity contribution in [3.63, 3.8) is 0 Å². The van der Waals surface area contributed by atoms with Crippen LogP contribution in [0.4, 0.5) is 0 Å². The minimum atomic E-state index is -0.454. The Balaban J connectivity index is 3.99. The fourth-order valence-electron chi connectivity index (χ4n) is 1.53. The van der Waals surface area contributed by atoms with Gasteiger partial charge in [0.1, 0.15) is 0 Å². The van der Waals surface area contributed by atoms with E-state index < -0.39 is 5.41 Å². The van der Waals surface area contributed by atoms with Crippen molar-refractivity contribution in [2.24, 2.45) is 10.8 Å². The van der Waals surface area contributed by atoms with Crippen molar-refractivity contribution in [1.29, 1.82) is 0 Å². The molecule has 3 nitrogen and oxygen atoms in total. The molecule has 0 fully saturated rings. The van der Waals surface area contributed by atoms with Gasteiger partial charge in [0.2, 0.25) is 0 Å². The van der Waals surface area contributed by atoms with Crippen molar-refractivity contribution in [2.45, 2.75) is 60.4 Å². The summed E-state index contributed by atoms with van der Waals surface area (Å²) >= 11 is 0. The fraction of sp³-hybridized carbons (Fsp3) is 0.929. The Labute approximate surface area is 106 Å². The van der Waals surface area contributed by atoms with Gasteiger partial charge in [-0.2, -0.15) is 0 Å². The topological polar surface area (TPSA) is 38.3 Å². The normalized spacial score (nSPS) is 14.5. The Morgan fingerprint density at radius 2 is 1.76 bits per heavy atom. The summed E-state index contributed by atoms with van der Waals surface area (Å²) < 4.78 is 4.78. The molecular weight excluding hydrogens is 214 g/mol. The second-order valence-electron chi connectivity index (χ2n) is 6.76. The molecule has 0 aromatic heterocycles. The second-order valence-corrected chi connectivity index (χ2v) is 6.76. The van der Waals surface area contributed by atoms with Crippen LogP contribution in [-0.4, -0.2) is 25.7 Å². The van der Waals surface area contributed by atoms with Gasteiger partial charge < -0.3 is 10.1 Å². The SMILES string of the molecule is COC(=O)C(C)(C)CNC(C)CCC(C)(C)C. The van der Waals surface area contributed by atoms with Crippen LogP contribution in [0.25, 0.3) is 0 Å². The lowest BCUT2D eigenvalue weighted by Crippen LogP contribution is -2.40. The van der Waals surface area contributed by atoms with Gasteiger partial charge >= 0.3 is 5.97 Å². The summed E-state index contributed by atoms with van der Waals surface area (Å²) in [6.45, 7) is 13.4. The quantitative estimate of drug-likeness (QED) is 0.729. The second kappa shape index (κ2) is 6.39. The highest BCUT2D eigenvalue weighted by atomic mass is 16.5. The Hall–Kier alpha value is -0.570. The summed E-state index contributed by atoms with van der Waals surface area (Å²) in [6, 6.07) is 0.429. The first kappa shape index (κ1) is 16.4. The van der Waals surface area contributed by atoms with Gasteiger partial charge in [0.25, 0.3) is 0 Å². The van der Waals surface area contributed by atoms with Gasteiger partial charge in [-0.1, -0.05) is 20.8 Å². The number of rotatable bonds is 6.